The van der Waals surface area contributed by atoms with Gasteiger partial charge < -0.3 is 10.2 Å². The largest absolute Gasteiger partial charge is 0.350 e. The maximum atomic E-state index is 13.4. The quantitative estimate of drug-likeness (QED) is 0.472. The molecule has 2 amide bonds. The molecule has 7 nitrogen and oxygen atoms in total. The number of carbonyl (C=O) groups is 2. The fraction of sp³-hybridized carbons (Fsp3) is 0.481. The van der Waals surface area contributed by atoms with Crippen LogP contribution in [0.5, 0.6) is 0 Å². The predicted molar refractivity (Wildman–Crippen MR) is 147 cm³/mol. The van der Waals surface area contributed by atoms with Gasteiger partial charge in [0.05, 0.1) is 11.9 Å². The van der Waals surface area contributed by atoms with Crippen LogP contribution in [0.1, 0.15) is 57.2 Å². The van der Waals surface area contributed by atoms with Gasteiger partial charge >= 0.3 is 0 Å². The third-order valence-corrected chi connectivity index (χ3v) is 7.27. The Morgan fingerprint density at radius 3 is 2.28 bits per heavy atom. The molecular formula is C27H38ClN3O4S. The summed E-state index contributed by atoms with van der Waals surface area (Å²) >= 11 is 6.12. The van der Waals surface area contributed by atoms with Crippen molar-refractivity contribution >= 4 is 39.1 Å². The molecule has 0 unspecified atom stereocenters. The van der Waals surface area contributed by atoms with Crippen LogP contribution < -0.4 is 9.62 Å². The van der Waals surface area contributed by atoms with Crippen LogP contribution in [0.3, 0.4) is 0 Å². The molecule has 0 aliphatic carbocycles. The van der Waals surface area contributed by atoms with Gasteiger partial charge in [0.15, 0.2) is 0 Å². The van der Waals surface area contributed by atoms with Crippen LogP contribution in [0, 0.1) is 13.8 Å². The molecule has 0 aliphatic heterocycles. The maximum Gasteiger partial charge on any atom is 0.242 e. The summed E-state index contributed by atoms with van der Waals surface area (Å²) in [5, 5.41) is 3.38. The van der Waals surface area contributed by atoms with Crippen molar-refractivity contribution in [1.29, 1.82) is 0 Å². The Morgan fingerprint density at radius 1 is 1.06 bits per heavy atom. The van der Waals surface area contributed by atoms with Crippen LogP contribution in [0.2, 0.25) is 5.02 Å². The van der Waals surface area contributed by atoms with Crippen LogP contribution in [0.25, 0.3) is 0 Å². The van der Waals surface area contributed by atoms with Gasteiger partial charge in [-0.3, -0.25) is 13.9 Å². The number of anilines is 1. The number of amides is 2. The number of nitrogens with zero attached hydrogens (tertiary/aromatic N) is 2. The second-order valence-electron chi connectivity index (χ2n) is 10.2. The van der Waals surface area contributed by atoms with E-state index in [1.165, 1.54) is 4.31 Å². The van der Waals surface area contributed by atoms with Gasteiger partial charge in [-0.05, 0) is 76.8 Å². The molecule has 2 aromatic carbocycles. The highest BCUT2D eigenvalue weighted by atomic mass is 35.5. The van der Waals surface area contributed by atoms with E-state index in [1.54, 1.807) is 30.0 Å². The standard InChI is InChI=1S/C27H38ClN3O4S/c1-19-11-8-9-12-22(19)18-30(21(3)26(33)29-27(4,5)6)25(32)13-10-16-31(36(7,34)35)24-17-23(28)15-14-20(24)2/h8-9,11-12,14-15,17,21H,10,13,16,18H2,1-7H3,(H,29,33)/t21-/m0/s1. The smallest absolute Gasteiger partial charge is 0.242 e. The van der Waals surface area contributed by atoms with Crippen molar-refractivity contribution in [2.75, 3.05) is 17.1 Å². The second-order valence-corrected chi connectivity index (χ2v) is 12.6. The molecule has 0 aromatic heterocycles. The van der Waals surface area contributed by atoms with E-state index in [0.29, 0.717) is 10.7 Å². The van der Waals surface area contributed by atoms with Gasteiger partial charge in [-0.2, -0.15) is 0 Å². The number of rotatable bonds is 10. The minimum atomic E-state index is -3.59. The van der Waals surface area contributed by atoms with Gasteiger partial charge in [-0.15, -0.1) is 0 Å². The summed E-state index contributed by atoms with van der Waals surface area (Å²) in [4.78, 5) is 27.9. The Labute approximate surface area is 220 Å². The number of halogens is 1. The molecule has 36 heavy (non-hydrogen) atoms. The van der Waals surface area contributed by atoms with E-state index in [2.05, 4.69) is 5.32 Å². The number of nitrogens with one attached hydrogen (secondary N) is 1. The van der Waals surface area contributed by atoms with Crippen molar-refractivity contribution in [1.82, 2.24) is 10.2 Å². The Kier molecular flexibility index (Phi) is 9.97. The first-order chi connectivity index (χ1) is 16.6. The van der Waals surface area contributed by atoms with Crippen molar-refractivity contribution in [3.8, 4) is 0 Å². The lowest BCUT2D eigenvalue weighted by Gasteiger charge is -2.32. The van der Waals surface area contributed by atoms with Gasteiger partial charge in [0.1, 0.15) is 6.04 Å². The summed E-state index contributed by atoms with van der Waals surface area (Å²) in [5.41, 5.74) is 2.80. The summed E-state index contributed by atoms with van der Waals surface area (Å²) < 4.78 is 26.4. The summed E-state index contributed by atoms with van der Waals surface area (Å²) in [5.74, 6) is -0.456. The molecule has 0 aliphatic rings. The van der Waals surface area contributed by atoms with Gasteiger partial charge in [-0.1, -0.05) is 41.9 Å². The van der Waals surface area contributed by atoms with Crippen LogP contribution in [-0.4, -0.2) is 49.5 Å². The average molecular weight is 536 g/mol. The molecule has 0 radical (unpaired) electrons. The van der Waals surface area contributed by atoms with Crippen LogP contribution >= 0.6 is 11.6 Å². The minimum Gasteiger partial charge on any atom is -0.350 e. The first-order valence-electron chi connectivity index (χ1n) is 12.0. The maximum absolute atomic E-state index is 13.4. The van der Waals surface area contributed by atoms with E-state index < -0.39 is 21.6 Å². The van der Waals surface area contributed by atoms with Crippen LogP contribution in [0.15, 0.2) is 42.5 Å². The Morgan fingerprint density at radius 2 is 1.69 bits per heavy atom. The van der Waals surface area contributed by atoms with Crippen LogP contribution in [0.4, 0.5) is 5.69 Å². The van der Waals surface area contributed by atoms with E-state index in [0.717, 1.165) is 22.9 Å². The molecule has 2 aromatic rings. The zero-order chi connectivity index (χ0) is 27.3. The zero-order valence-corrected chi connectivity index (χ0v) is 23.8. The summed E-state index contributed by atoms with van der Waals surface area (Å²) in [6.45, 7) is 11.6. The first-order valence-corrected chi connectivity index (χ1v) is 14.2. The molecule has 0 saturated carbocycles. The lowest BCUT2D eigenvalue weighted by molar-refractivity contribution is -0.141. The SMILES string of the molecule is Cc1ccccc1CN(C(=O)CCCN(c1cc(Cl)ccc1C)S(C)(=O)=O)[C@@H](C)C(=O)NC(C)(C)C. The molecule has 0 spiro atoms. The highest BCUT2D eigenvalue weighted by molar-refractivity contribution is 7.92. The lowest BCUT2D eigenvalue weighted by Crippen LogP contribution is -2.52. The fourth-order valence-electron chi connectivity index (χ4n) is 3.86. The van der Waals surface area contributed by atoms with Gasteiger partial charge in [-0.25, -0.2) is 8.42 Å². The third kappa shape index (κ3) is 8.52. The molecule has 2 rings (SSSR count). The van der Waals surface area contributed by atoms with Crippen molar-refractivity contribution in [3.05, 3.63) is 64.2 Å². The van der Waals surface area contributed by atoms with Crippen LogP contribution in [-0.2, 0) is 26.2 Å². The molecule has 0 heterocycles. The average Bonchev–Trinajstić information content (AvgIpc) is 2.75. The molecule has 9 heteroatoms. The predicted octanol–water partition coefficient (Wildman–Crippen LogP) is 4.84. The summed E-state index contributed by atoms with van der Waals surface area (Å²) in [7, 11) is -3.59. The van der Waals surface area contributed by atoms with E-state index >= 15 is 0 Å². The third-order valence-electron chi connectivity index (χ3n) is 5.86. The zero-order valence-electron chi connectivity index (χ0n) is 22.3. The number of hydrogen-bond acceptors (Lipinski definition) is 4. The van der Waals surface area contributed by atoms with Gasteiger partial charge in [0, 0.05) is 30.1 Å². The highest BCUT2D eigenvalue weighted by Gasteiger charge is 2.29. The van der Waals surface area contributed by atoms with Crippen molar-refractivity contribution in [2.24, 2.45) is 0 Å². The highest BCUT2D eigenvalue weighted by Crippen LogP contribution is 2.27. The van der Waals surface area contributed by atoms with Crippen molar-refractivity contribution in [3.63, 3.8) is 0 Å². The molecule has 198 valence electrons. The molecule has 1 N–H and O–H groups in total. The monoisotopic (exact) mass is 535 g/mol. The van der Waals surface area contributed by atoms with E-state index in [-0.39, 0.29) is 37.7 Å². The molecular weight excluding hydrogens is 498 g/mol. The summed E-state index contributed by atoms with van der Waals surface area (Å²) in [6, 6.07) is 12.1. The lowest BCUT2D eigenvalue weighted by atomic mass is 10.1. The molecule has 1 atom stereocenters. The number of benzene rings is 2. The molecule has 0 fully saturated rings. The first kappa shape index (κ1) is 29.6. The van der Waals surface area contributed by atoms with Crippen molar-refractivity contribution < 1.29 is 18.0 Å². The Balaban J connectivity index is 2.24. The number of hydrogen-bond donors (Lipinski definition) is 1. The Bertz CT molecular complexity index is 1190. The molecule has 0 saturated heterocycles. The Hall–Kier alpha value is -2.58. The minimum absolute atomic E-state index is 0.0879. The molecule has 0 bridgehead atoms. The van der Waals surface area contributed by atoms with E-state index in [1.807, 2.05) is 58.9 Å². The second kappa shape index (κ2) is 12.1. The topological polar surface area (TPSA) is 86.8 Å². The summed E-state index contributed by atoms with van der Waals surface area (Å²) in [6.07, 6.45) is 1.51. The fourth-order valence-corrected chi connectivity index (χ4v) is 5.04. The van der Waals surface area contributed by atoms with Crippen molar-refractivity contribution in [2.45, 2.75) is 72.5 Å². The van der Waals surface area contributed by atoms with E-state index in [4.69, 9.17) is 11.6 Å². The number of carbonyl (C=O) groups excluding carboxylic acids is 2. The normalized spacial score (nSPS) is 12.7. The van der Waals surface area contributed by atoms with Gasteiger partial charge in [0.2, 0.25) is 21.8 Å². The number of sulfonamides is 1. The number of aryl methyl sites for hydroxylation is 2. The van der Waals surface area contributed by atoms with E-state index in [9.17, 15) is 18.0 Å². The van der Waals surface area contributed by atoms with Gasteiger partial charge in [0.25, 0.3) is 0 Å².